The van der Waals surface area contributed by atoms with E-state index in [1.807, 2.05) is 50.8 Å². The summed E-state index contributed by atoms with van der Waals surface area (Å²) in [6.07, 6.45) is 5.30. The van der Waals surface area contributed by atoms with Crippen molar-refractivity contribution in [2.45, 2.75) is 84.5 Å². The topological polar surface area (TPSA) is 110 Å². The number of rotatable bonds is 6. The number of ether oxygens (including phenoxy) is 2. The maximum absolute atomic E-state index is 14.0. The van der Waals surface area contributed by atoms with E-state index in [-0.39, 0.29) is 30.1 Å². The maximum atomic E-state index is 14.0. The molecule has 2 aliphatic rings. The molecule has 0 bridgehead atoms. The number of carbonyl (C=O) groups excluding carboxylic acids is 3. The first kappa shape index (κ1) is 33.7. The summed E-state index contributed by atoms with van der Waals surface area (Å²) in [6, 6.07) is 9.22. The normalized spacial score (nSPS) is 18.1. The number of aromatic nitrogens is 3. The molecule has 13 heteroatoms. The fourth-order valence-corrected chi connectivity index (χ4v) is 9.07. The first-order valence-electron chi connectivity index (χ1n) is 15.4. The van der Waals surface area contributed by atoms with Gasteiger partial charge in [0.2, 0.25) is 0 Å². The second-order valence-electron chi connectivity index (χ2n) is 12.6. The number of imidazole rings is 1. The van der Waals surface area contributed by atoms with E-state index in [0.29, 0.717) is 43.4 Å². The molecule has 2 saturated heterocycles. The average Bonchev–Trinajstić information content (AvgIpc) is 3.19. The fourth-order valence-electron chi connectivity index (χ4n) is 5.92. The molecule has 1 atom stereocenters. The van der Waals surface area contributed by atoms with Crippen LogP contribution < -0.4 is 25.4 Å². The molecule has 0 unspecified atom stereocenters. The number of halogens is 2. The zero-order valence-corrected chi connectivity index (χ0v) is 30.8. The van der Waals surface area contributed by atoms with Crippen LogP contribution in [0.1, 0.15) is 81.9 Å². The molecule has 0 radical (unpaired) electrons. The van der Waals surface area contributed by atoms with Crippen molar-refractivity contribution in [2.75, 3.05) is 29.3 Å². The Bertz CT molecular complexity index is 1550. The van der Waals surface area contributed by atoms with Crippen LogP contribution in [0.5, 0.6) is 5.75 Å². The standard InChI is InChI=1S/C32H41I2N6O5/c1-21-19-23(12-15-35-21)29(42)40(34-33)30-36-26-10-8-11-27(44-25-13-17-37(18-14-25)22(2)41)28(26)39(30)24-9-6-7-16-38(20-24)31(43)45-32(3,4)5/h8,10-12,15,19,24-25H,6-7,9,13-14,16-18,20H2,1-5H3/q-1/t24-/m1/s1. The Morgan fingerprint density at radius 1 is 1.04 bits per heavy atom. The van der Waals surface area contributed by atoms with Gasteiger partial charge in [-0.2, -0.15) is 0 Å². The number of carbonyl (C=O) groups is 3. The van der Waals surface area contributed by atoms with Crippen LogP contribution in [0.15, 0.2) is 36.5 Å². The number of aryl methyl sites for hydroxylation is 1. The number of amides is 3. The van der Waals surface area contributed by atoms with E-state index in [9.17, 15) is 14.4 Å². The molecule has 3 aromatic rings. The Kier molecular flexibility index (Phi) is 10.8. The van der Waals surface area contributed by atoms with Crippen molar-refractivity contribution in [2.24, 2.45) is 0 Å². The Hall–Kier alpha value is -2.69. The molecule has 244 valence electrons. The fraction of sp³-hybridized carbons (Fsp3) is 0.531. The Morgan fingerprint density at radius 3 is 2.47 bits per heavy atom. The van der Waals surface area contributed by atoms with Crippen LogP contribution in [0.2, 0.25) is 0 Å². The van der Waals surface area contributed by atoms with Gasteiger partial charge in [0.05, 0.1) is 0 Å². The number of benzene rings is 1. The minimum absolute atomic E-state index is 0.0556. The molecule has 4 heterocycles. The van der Waals surface area contributed by atoms with Gasteiger partial charge >= 0.3 is 286 Å². The Labute approximate surface area is 284 Å². The number of anilines is 1. The SMILES string of the molecule is CC(=O)N1CCC(Oc2cccc3nc(N([I-]I)C(=O)c4ccnc(C)c4)n([C@@H]4CCCCN(C(=O)OC(C)(C)C)C4)c23)CC1. The number of hydrogen-bond donors (Lipinski definition) is 0. The number of fused-ring (bicyclic) bond motifs is 1. The van der Waals surface area contributed by atoms with Crippen LogP contribution in [0, 0.1) is 6.92 Å². The summed E-state index contributed by atoms with van der Waals surface area (Å²) in [6.45, 7) is 11.4. The third-order valence-corrected chi connectivity index (χ3v) is 11.7. The molecular weight excluding hydrogens is 802 g/mol. The van der Waals surface area contributed by atoms with Crippen LogP contribution in [0.3, 0.4) is 0 Å². The van der Waals surface area contributed by atoms with Gasteiger partial charge in [-0.3, -0.25) is 0 Å². The molecule has 2 aliphatic heterocycles. The van der Waals surface area contributed by atoms with E-state index >= 15 is 0 Å². The van der Waals surface area contributed by atoms with Gasteiger partial charge in [0.25, 0.3) is 0 Å². The molecule has 3 amide bonds. The molecule has 2 aromatic heterocycles. The van der Waals surface area contributed by atoms with Gasteiger partial charge in [0.1, 0.15) is 0 Å². The summed E-state index contributed by atoms with van der Waals surface area (Å²) in [4.78, 5) is 52.3. The van der Waals surface area contributed by atoms with E-state index in [2.05, 4.69) is 28.2 Å². The molecule has 0 saturated carbocycles. The zero-order valence-electron chi connectivity index (χ0n) is 26.5. The van der Waals surface area contributed by atoms with E-state index in [1.165, 1.54) is 0 Å². The van der Waals surface area contributed by atoms with Gasteiger partial charge in [0.15, 0.2) is 0 Å². The molecule has 5 rings (SSSR count). The van der Waals surface area contributed by atoms with Gasteiger partial charge < -0.3 is 0 Å². The van der Waals surface area contributed by atoms with Crippen molar-refractivity contribution < 1.29 is 41.4 Å². The van der Waals surface area contributed by atoms with Crippen molar-refractivity contribution >= 4 is 53.5 Å². The number of piperidine rings is 1. The minimum atomic E-state index is -0.813. The van der Waals surface area contributed by atoms with Gasteiger partial charge in [-0.1, -0.05) is 0 Å². The van der Waals surface area contributed by atoms with E-state index in [1.54, 1.807) is 33.3 Å². The summed E-state index contributed by atoms with van der Waals surface area (Å²) in [5.41, 5.74) is 2.26. The molecule has 0 aliphatic carbocycles. The Morgan fingerprint density at radius 2 is 1.80 bits per heavy atom. The molecule has 0 spiro atoms. The predicted molar refractivity (Wildman–Crippen MR) is 176 cm³/mol. The second-order valence-corrected chi connectivity index (χ2v) is 16.4. The molecule has 0 N–H and O–H groups in total. The molecule has 2 fully saturated rings. The summed E-state index contributed by atoms with van der Waals surface area (Å²) >= 11 is 1.50. The molecular formula is C32H41I2N6O5-. The number of para-hydroxylation sites is 1. The molecule has 45 heavy (non-hydrogen) atoms. The van der Waals surface area contributed by atoms with Crippen molar-refractivity contribution in [1.82, 2.24) is 24.3 Å². The summed E-state index contributed by atoms with van der Waals surface area (Å²) in [7, 11) is 0. The first-order valence-corrected chi connectivity index (χ1v) is 22.6. The van der Waals surface area contributed by atoms with Crippen LogP contribution in [0.4, 0.5) is 10.7 Å². The summed E-state index contributed by atoms with van der Waals surface area (Å²) < 4.78 is 16.4. The van der Waals surface area contributed by atoms with Gasteiger partial charge in [-0.25, -0.2) is 0 Å². The number of pyridine rings is 1. The van der Waals surface area contributed by atoms with Crippen LogP contribution in [0.25, 0.3) is 11.0 Å². The Balaban J connectivity index is 1.58. The van der Waals surface area contributed by atoms with Gasteiger partial charge in [-0.15, -0.1) is 0 Å². The second kappa shape index (κ2) is 14.4. The van der Waals surface area contributed by atoms with Crippen LogP contribution in [-0.4, -0.2) is 80.1 Å². The predicted octanol–water partition coefficient (Wildman–Crippen LogP) is 3.09. The average molecular weight is 844 g/mol. The molecule has 11 nitrogen and oxygen atoms in total. The third kappa shape index (κ3) is 8.00. The van der Waals surface area contributed by atoms with Crippen LogP contribution in [-0.2, 0) is 9.53 Å². The van der Waals surface area contributed by atoms with E-state index in [0.717, 1.165) is 48.8 Å². The van der Waals surface area contributed by atoms with Crippen molar-refractivity contribution in [3.8, 4) is 5.75 Å². The van der Waals surface area contributed by atoms with Crippen molar-refractivity contribution in [3.63, 3.8) is 0 Å². The summed E-state index contributed by atoms with van der Waals surface area (Å²) in [5, 5.41) is 0. The van der Waals surface area contributed by atoms with Gasteiger partial charge in [-0.05, 0) is 0 Å². The van der Waals surface area contributed by atoms with E-state index < -0.39 is 23.1 Å². The number of likely N-dealkylation sites (tertiary alicyclic amines) is 2. The number of hydrogen-bond acceptors (Lipinski definition) is 7. The monoisotopic (exact) mass is 843 g/mol. The third-order valence-electron chi connectivity index (χ3n) is 8.06. The van der Waals surface area contributed by atoms with Crippen molar-refractivity contribution in [3.05, 3.63) is 47.8 Å². The van der Waals surface area contributed by atoms with Gasteiger partial charge in [0, 0.05) is 0 Å². The van der Waals surface area contributed by atoms with Crippen molar-refractivity contribution in [1.29, 1.82) is 0 Å². The molecule has 1 aromatic carbocycles. The summed E-state index contributed by atoms with van der Waals surface area (Å²) in [5.74, 6) is 1.21. The number of nitrogens with zero attached hydrogens (tertiary/aromatic N) is 6. The van der Waals surface area contributed by atoms with Crippen LogP contribution >= 0.6 is 18.6 Å². The first-order chi connectivity index (χ1) is 21.4. The zero-order chi connectivity index (χ0) is 32.3. The van der Waals surface area contributed by atoms with E-state index in [4.69, 9.17) is 14.5 Å². The quantitative estimate of drug-likeness (QED) is 0.278.